The zero-order chi connectivity index (χ0) is 18.5. The molecule has 1 aliphatic carbocycles. The molecule has 1 aromatic heterocycles. The molecule has 26 heavy (non-hydrogen) atoms. The molecule has 2 aliphatic rings. The van der Waals surface area contributed by atoms with Gasteiger partial charge in [-0.05, 0) is 44.1 Å². The second kappa shape index (κ2) is 8.64. The Morgan fingerprint density at radius 2 is 2.04 bits per heavy atom. The van der Waals surface area contributed by atoms with Crippen LogP contribution in [0.15, 0.2) is 0 Å². The Labute approximate surface area is 156 Å². The topological polar surface area (TPSA) is 93.7 Å². The molecule has 0 aromatic carbocycles. The molecule has 1 saturated heterocycles. The SMILES string of the molecule is CC(=O)Nc1sc2c(c1C(=O)OCC(=O)NC[C@@H]1CCCO1)CCCC2. The zero-order valence-electron chi connectivity index (χ0n) is 14.9. The number of esters is 1. The number of carbonyl (C=O) groups is 3. The van der Waals surface area contributed by atoms with E-state index in [2.05, 4.69) is 10.6 Å². The van der Waals surface area contributed by atoms with Crippen LogP contribution in [-0.2, 0) is 31.9 Å². The lowest BCUT2D eigenvalue weighted by Gasteiger charge is -2.13. The van der Waals surface area contributed by atoms with Gasteiger partial charge in [0.05, 0.1) is 11.7 Å². The van der Waals surface area contributed by atoms with Crippen LogP contribution >= 0.6 is 11.3 Å². The molecule has 1 aliphatic heterocycles. The second-order valence-electron chi connectivity index (χ2n) is 6.61. The van der Waals surface area contributed by atoms with E-state index in [4.69, 9.17) is 9.47 Å². The normalized spacial score (nSPS) is 18.9. The van der Waals surface area contributed by atoms with Crippen LogP contribution in [0.2, 0.25) is 0 Å². The van der Waals surface area contributed by atoms with Gasteiger partial charge in [-0.25, -0.2) is 4.79 Å². The van der Waals surface area contributed by atoms with Crippen LogP contribution in [0.4, 0.5) is 5.00 Å². The average molecular weight is 380 g/mol. The van der Waals surface area contributed by atoms with E-state index in [1.54, 1.807) is 0 Å². The Kier molecular flexibility index (Phi) is 6.26. The van der Waals surface area contributed by atoms with E-state index in [9.17, 15) is 14.4 Å². The number of hydrogen-bond donors (Lipinski definition) is 2. The summed E-state index contributed by atoms with van der Waals surface area (Å²) in [7, 11) is 0. The predicted octanol–water partition coefficient (Wildman–Crippen LogP) is 2.04. The first-order valence-corrected chi connectivity index (χ1v) is 9.84. The van der Waals surface area contributed by atoms with Gasteiger partial charge < -0.3 is 20.1 Å². The van der Waals surface area contributed by atoms with Crippen LogP contribution in [0.5, 0.6) is 0 Å². The van der Waals surface area contributed by atoms with Crippen LogP contribution in [0.25, 0.3) is 0 Å². The average Bonchev–Trinajstić information content (AvgIpc) is 3.24. The molecule has 0 saturated carbocycles. The van der Waals surface area contributed by atoms with Crippen molar-refractivity contribution in [3.63, 3.8) is 0 Å². The van der Waals surface area contributed by atoms with Crippen LogP contribution in [-0.4, -0.2) is 43.6 Å². The molecule has 1 aromatic rings. The van der Waals surface area contributed by atoms with Gasteiger partial charge in [0.25, 0.3) is 5.91 Å². The highest BCUT2D eigenvalue weighted by Gasteiger charge is 2.27. The van der Waals surface area contributed by atoms with Crippen molar-refractivity contribution in [1.82, 2.24) is 5.32 Å². The van der Waals surface area contributed by atoms with Gasteiger partial charge in [-0.15, -0.1) is 11.3 Å². The molecule has 2 N–H and O–H groups in total. The first kappa shape index (κ1) is 18.8. The standard InChI is InChI=1S/C18H24N2O5S/c1-11(21)20-17-16(13-6-2-3-7-14(13)26-17)18(23)25-10-15(22)19-9-12-5-4-8-24-12/h12H,2-10H2,1H3,(H,19,22)(H,20,21)/t12-/m0/s1. The van der Waals surface area contributed by atoms with Gasteiger partial charge in [-0.3, -0.25) is 9.59 Å². The maximum absolute atomic E-state index is 12.6. The van der Waals surface area contributed by atoms with Crippen LogP contribution in [0, 0.1) is 0 Å². The number of ether oxygens (including phenoxy) is 2. The summed E-state index contributed by atoms with van der Waals surface area (Å²) in [5.74, 6) is -1.13. The zero-order valence-corrected chi connectivity index (χ0v) is 15.7. The summed E-state index contributed by atoms with van der Waals surface area (Å²) in [6.07, 6.45) is 5.76. The van der Waals surface area contributed by atoms with E-state index in [0.29, 0.717) is 17.1 Å². The Morgan fingerprint density at radius 1 is 1.23 bits per heavy atom. The van der Waals surface area contributed by atoms with E-state index < -0.39 is 5.97 Å². The Hall–Kier alpha value is -1.93. The van der Waals surface area contributed by atoms with Gasteiger partial charge >= 0.3 is 5.97 Å². The number of nitrogens with one attached hydrogen (secondary N) is 2. The highest BCUT2D eigenvalue weighted by atomic mass is 32.1. The fourth-order valence-electron chi connectivity index (χ4n) is 3.32. The summed E-state index contributed by atoms with van der Waals surface area (Å²) in [6.45, 7) is 2.23. The maximum atomic E-state index is 12.6. The van der Waals surface area contributed by atoms with Gasteiger partial charge in [0.15, 0.2) is 6.61 Å². The van der Waals surface area contributed by atoms with E-state index >= 15 is 0 Å². The number of fused-ring (bicyclic) bond motifs is 1. The fourth-order valence-corrected chi connectivity index (χ4v) is 4.64. The number of anilines is 1. The highest BCUT2D eigenvalue weighted by molar-refractivity contribution is 7.17. The van der Waals surface area contributed by atoms with Crippen molar-refractivity contribution in [2.75, 3.05) is 25.1 Å². The molecule has 142 valence electrons. The summed E-state index contributed by atoms with van der Waals surface area (Å²) in [4.78, 5) is 37.1. The monoisotopic (exact) mass is 380 g/mol. The lowest BCUT2D eigenvalue weighted by Crippen LogP contribution is -2.35. The smallest absolute Gasteiger partial charge is 0.341 e. The largest absolute Gasteiger partial charge is 0.452 e. The molecule has 0 unspecified atom stereocenters. The number of amides is 2. The van der Waals surface area contributed by atoms with Crippen molar-refractivity contribution in [3.05, 3.63) is 16.0 Å². The Bertz CT molecular complexity index is 694. The summed E-state index contributed by atoms with van der Waals surface area (Å²) >= 11 is 1.43. The van der Waals surface area contributed by atoms with E-state index in [1.165, 1.54) is 18.3 Å². The van der Waals surface area contributed by atoms with Crippen molar-refractivity contribution in [2.24, 2.45) is 0 Å². The minimum absolute atomic E-state index is 0.0462. The van der Waals surface area contributed by atoms with Crippen LogP contribution < -0.4 is 10.6 Å². The third kappa shape index (κ3) is 4.62. The molecule has 1 fully saturated rings. The number of carbonyl (C=O) groups excluding carboxylic acids is 3. The molecule has 0 spiro atoms. The lowest BCUT2D eigenvalue weighted by molar-refractivity contribution is -0.124. The van der Waals surface area contributed by atoms with Crippen molar-refractivity contribution < 1.29 is 23.9 Å². The van der Waals surface area contributed by atoms with Crippen molar-refractivity contribution in [2.45, 2.75) is 51.6 Å². The van der Waals surface area contributed by atoms with Crippen molar-refractivity contribution in [1.29, 1.82) is 0 Å². The molecule has 3 rings (SSSR count). The Morgan fingerprint density at radius 3 is 2.77 bits per heavy atom. The van der Waals surface area contributed by atoms with Gasteiger partial charge in [0.2, 0.25) is 5.91 Å². The third-order valence-electron chi connectivity index (χ3n) is 4.55. The molecule has 0 bridgehead atoms. The van der Waals surface area contributed by atoms with Crippen molar-refractivity contribution in [3.8, 4) is 0 Å². The third-order valence-corrected chi connectivity index (χ3v) is 5.76. The summed E-state index contributed by atoms with van der Waals surface area (Å²) in [5.41, 5.74) is 1.36. The van der Waals surface area contributed by atoms with Crippen LogP contribution in [0.1, 0.15) is 53.4 Å². The van der Waals surface area contributed by atoms with Gasteiger partial charge in [0.1, 0.15) is 5.00 Å². The molecular weight excluding hydrogens is 356 g/mol. The van der Waals surface area contributed by atoms with E-state index in [-0.39, 0.29) is 24.5 Å². The number of thiophene rings is 1. The fraction of sp³-hybridized carbons (Fsp3) is 0.611. The molecule has 8 heteroatoms. The minimum Gasteiger partial charge on any atom is -0.452 e. The molecule has 0 radical (unpaired) electrons. The molecule has 2 amide bonds. The summed E-state index contributed by atoms with van der Waals surface area (Å²) in [6, 6.07) is 0. The minimum atomic E-state index is -0.555. The lowest BCUT2D eigenvalue weighted by atomic mass is 9.95. The first-order chi connectivity index (χ1) is 12.5. The van der Waals surface area contributed by atoms with E-state index in [0.717, 1.165) is 55.6 Å². The van der Waals surface area contributed by atoms with Gasteiger partial charge in [0, 0.05) is 25.0 Å². The van der Waals surface area contributed by atoms with Crippen molar-refractivity contribution >= 4 is 34.1 Å². The van der Waals surface area contributed by atoms with E-state index in [1.807, 2.05) is 0 Å². The predicted molar refractivity (Wildman–Crippen MR) is 97.5 cm³/mol. The van der Waals surface area contributed by atoms with Crippen LogP contribution in [0.3, 0.4) is 0 Å². The maximum Gasteiger partial charge on any atom is 0.341 e. The number of hydrogen-bond acceptors (Lipinski definition) is 6. The number of rotatable bonds is 6. The quantitative estimate of drug-likeness (QED) is 0.737. The molecular formula is C18H24N2O5S. The first-order valence-electron chi connectivity index (χ1n) is 9.02. The molecule has 1 atom stereocenters. The van der Waals surface area contributed by atoms with Gasteiger partial charge in [-0.2, -0.15) is 0 Å². The number of aryl methyl sites for hydroxylation is 1. The second-order valence-corrected chi connectivity index (χ2v) is 7.72. The molecule has 7 nitrogen and oxygen atoms in total. The summed E-state index contributed by atoms with van der Waals surface area (Å²) < 4.78 is 10.7. The van der Waals surface area contributed by atoms with Gasteiger partial charge in [-0.1, -0.05) is 0 Å². The highest BCUT2D eigenvalue weighted by Crippen LogP contribution is 2.38. The summed E-state index contributed by atoms with van der Waals surface area (Å²) in [5, 5.41) is 5.97. The Balaban J connectivity index is 1.60. The molecule has 2 heterocycles.